The predicted molar refractivity (Wildman–Crippen MR) is 85.9 cm³/mol. The number of halogens is 1. The maximum Gasteiger partial charge on any atom is 0.184 e. The Morgan fingerprint density at radius 3 is 3.00 bits per heavy atom. The van der Waals surface area contributed by atoms with Gasteiger partial charge in [-0.05, 0) is 31.5 Å². The molecular formula is C15H19ClN2OS. The lowest BCUT2D eigenvalue weighted by Gasteiger charge is -2.51. The molecule has 3 nitrogen and oxygen atoms in total. The zero-order valence-corrected chi connectivity index (χ0v) is 13.5. The Kier molecular flexibility index (Phi) is 3.65. The molecule has 0 saturated heterocycles. The number of hydrogen-bond acceptors (Lipinski definition) is 4. The summed E-state index contributed by atoms with van der Waals surface area (Å²) in [5.74, 6) is 0. The van der Waals surface area contributed by atoms with Crippen LogP contribution >= 0.6 is 22.9 Å². The Morgan fingerprint density at radius 2 is 2.30 bits per heavy atom. The summed E-state index contributed by atoms with van der Waals surface area (Å²) in [5.41, 5.74) is 1.14. The smallest absolute Gasteiger partial charge is 0.184 e. The molecule has 0 amide bonds. The molecule has 0 radical (unpaired) electrons. The van der Waals surface area contributed by atoms with Crippen molar-refractivity contribution in [3.63, 3.8) is 0 Å². The summed E-state index contributed by atoms with van der Waals surface area (Å²) in [6.45, 7) is 7.33. The number of aromatic nitrogens is 1. The fourth-order valence-corrected chi connectivity index (χ4v) is 3.92. The van der Waals surface area contributed by atoms with Crippen LogP contribution in [0.5, 0.6) is 0 Å². The van der Waals surface area contributed by atoms with E-state index >= 15 is 0 Å². The molecule has 1 aliphatic rings. The van der Waals surface area contributed by atoms with E-state index in [4.69, 9.17) is 16.3 Å². The molecule has 1 fully saturated rings. The second kappa shape index (κ2) is 5.17. The molecule has 1 aromatic carbocycles. The van der Waals surface area contributed by atoms with Crippen molar-refractivity contribution in [3.8, 4) is 0 Å². The minimum absolute atomic E-state index is 0.144. The van der Waals surface area contributed by atoms with Gasteiger partial charge in [0, 0.05) is 23.1 Å². The first kappa shape index (κ1) is 14.1. The van der Waals surface area contributed by atoms with Crippen molar-refractivity contribution >= 4 is 38.3 Å². The van der Waals surface area contributed by atoms with Crippen molar-refractivity contribution in [2.45, 2.75) is 39.3 Å². The molecule has 0 spiro atoms. The highest BCUT2D eigenvalue weighted by atomic mass is 35.5. The minimum atomic E-state index is 0.144. The summed E-state index contributed by atoms with van der Waals surface area (Å²) >= 11 is 7.67. The Bertz CT molecular complexity index is 625. The summed E-state index contributed by atoms with van der Waals surface area (Å²) < 4.78 is 6.88. The van der Waals surface area contributed by atoms with E-state index in [1.165, 1.54) is 0 Å². The fraction of sp³-hybridized carbons (Fsp3) is 0.533. The van der Waals surface area contributed by atoms with Crippen molar-refractivity contribution in [3.05, 3.63) is 23.2 Å². The molecule has 20 heavy (non-hydrogen) atoms. The van der Waals surface area contributed by atoms with Gasteiger partial charge in [-0.2, -0.15) is 0 Å². The quantitative estimate of drug-likeness (QED) is 0.898. The van der Waals surface area contributed by atoms with Gasteiger partial charge in [0.2, 0.25) is 0 Å². The first-order chi connectivity index (χ1) is 9.50. The van der Waals surface area contributed by atoms with Gasteiger partial charge in [0.15, 0.2) is 5.13 Å². The highest BCUT2D eigenvalue weighted by molar-refractivity contribution is 7.22. The maximum absolute atomic E-state index is 6.01. The average molecular weight is 311 g/mol. The second-order valence-corrected chi connectivity index (χ2v) is 7.30. The number of rotatable bonds is 4. The van der Waals surface area contributed by atoms with Crippen LogP contribution < -0.4 is 5.32 Å². The monoisotopic (exact) mass is 310 g/mol. The largest absolute Gasteiger partial charge is 0.378 e. The van der Waals surface area contributed by atoms with Crippen molar-refractivity contribution in [1.82, 2.24) is 4.98 Å². The molecule has 108 valence electrons. The van der Waals surface area contributed by atoms with E-state index in [1.807, 2.05) is 25.1 Å². The van der Waals surface area contributed by atoms with Crippen molar-refractivity contribution < 1.29 is 4.74 Å². The van der Waals surface area contributed by atoms with Crippen molar-refractivity contribution in [2.75, 3.05) is 11.9 Å². The summed E-state index contributed by atoms with van der Waals surface area (Å²) in [4.78, 5) is 4.62. The van der Waals surface area contributed by atoms with E-state index in [0.29, 0.717) is 12.1 Å². The van der Waals surface area contributed by atoms with Crippen LogP contribution in [-0.4, -0.2) is 23.7 Å². The van der Waals surface area contributed by atoms with E-state index in [2.05, 4.69) is 24.1 Å². The number of anilines is 1. The van der Waals surface area contributed by atoms with Gasteiger partial charge in [-0.15, -0.1) is 0 Å². The molecule has 2 atom stereocenters. The highest BCUT2D eigenvalue weighted by Crippen LogP contribution is 2.45. The van der Waals surface area contributed by atoms with Crippen molar-refractivity contribution in [1.29, 1.82) is 0 Å². The molecule has 1 heterocycles. The van der Waals surface area contributed by atoms with Crippen LogP contribution in [0.1, 0.15) is 27.2 Å². The van der Waals surface area contributed by atoms with Gasteiger partial charge < -0.3 is 10.1 Å². The predicted octanol–water partition coefficient (Wildman–Crippen LogP) is 4.57. The van der Waals surface area contributed by atoms with E-state index in [-0.39, 0.29) is 5.41 Å². The van der Waals surface area contributed by atoms with Gasteiger partial charge in [0.25, 0.3) is 0 Å². The average Bonchev–Trinajstić information content (AvgIpc) is 2.79. The van der Waals surface area contributed by atoms with E-state index in [1.54, 1.807) is 11.3 Å². The number of nitrogens with one attached hydrogen (secondary N) is 1. The Hall–Kier alpha value is -0.840. The van der Waals surface area contributed by atoms with Crippen LogP contribution in [0.3, 0.4) is 0 Å². The van der Waals surface area contributed by atoms with Gasteiger partial charge in [-0.1, -0.05) is 36.8 Å². The Morgan fingerprint density at radius 1 is 1.50 bits per heavy atom. The lowest BCUT2D eigenvalue weighted by Crippen LogP contribution is -2.58. The van der Waals surface area contributed by atoms with E-state index in [0.717, 1.165) is 33.4 Å². The molecule has 2 aromatic rings. The van der Waals surface area contributed by atoms with Crippen LogP contribution in [0.25, 0.3) is 10.2 Å². The summed E-state index contributed by atoms with van der Waals surface area (Å²) in [5, 5.41) is 5.28. The second-order valence-electron chi connectivity index (χ2n) is 5.83. The van der Waals surface area contributed by atoms with E-state index in [9.17, 15) is 0 Å². The number of hydrogen-bond donors (Lipinski definition) is 1. The highest BCUT2D eigenvalue weighted by Gasteiger charge is 2.49. The molecule has 1 N–H and O–H groups in total. The van der Waals surface area contributed by atoms with Crippen LogP contribution in [0, 0.1) is 5.41 Å². The molecule has 0 bridgehead atoms. The topological polar surface area (TPSA) is 34.1 Å². The van der Waals surface area contributed by atoms with Gasteiger partial charge >= 0.3 is 0 Å². The van der Waals surface area contributed by atoms with E-state index < -0.39 is 0 Å². The van der Waals surface area contributed by atoms with Gasteiger partial charge in [0.05, 0.1) is 16.3 Å². The Balaban J connectivity index is 1.74. The summed E-state index contributed by atoms with van der Waals surface area (Å²) in [6, 6.07) is 6.23. The number of thiazole rings is 1. The number of nitrogens with zero attached hydrogens (tertiary/aromatic N) is 1. The normalized spacial score (nSPS) is 24.6. The number of ether oxygens (including phenoxy) is 1. The van der Waals surface area contributed by atoms with Crippen LogP contribution in [0.15, 0.2) is 18.2 Å². The first-order valence-electron chi connectivity index (χ1n) is 6.95. The molecular weight excluding hydrogens is 292 g/mol. The third-order valence-electron chi connectivity index (χ3n) is 4.19. The third-order valence-corrected chi connectivity index (χ3v) is 5.38. The lowest BCUT2D eigenvalue weighted by atomic mass is 9.64. The molecule has 5 heteroatoms. The summed E-state index contributed by atoms with van der Waals surface area (Å²) in [7, 11) is 0. The number of benzene rings is 1. The van der Waals surface area contributed by atoms with Crippen LogP contribution in [-0.2, 0) is 4.74 Å². The molecule has 0 aliphatic heterocycles. The van der Waals surface area contributed by atoms with Gasteiger partial charge in [0.1, 0.15) is 0 Å². The maximum atomic E-state index is 6.01. The van der Waals surface area contributed by atoms with Crippen molar-refractivity contribution in [2.24, 2.45) is 5.41 Å². The first-order valence-corrected chi connectivity index (χ1v) is 8.14. The zero-order valence-electron chi connectivity index (χ0n) is 11.9. The van der Waals surface area contributed by atoms with Crippen LogP contribution in [0.4, 0.5) is 5.13 Å². The summed E-state index contributed by atoms with van der Waals surface area (Å²) in [6.07, 6.45) is 1.38. The fourth-order valence-electron chi connectivity index (χ4n) is 2.72. The van der Waals surface area contributed by atoms with Crippen LogP contribution in [0.2, 0.25) is 5.02 Å². The molecule has 1 aromatic heterocycles. The third kappa shape index (κ3) is 2.41. The molecule has 2 unspecified atom stereocenters. The number of fused-ring (bicyclic) bond motifs is 1. The minimum Gasteiger partial charge on any atom is -0.378 e. The Labute approximate surface area is 128 Å². The van der Waals surface area contributed by atoms with Gasteiger partial charge in [-0.3, -0.25) is 0 Å². The zero-order chi connectivity index (χ0) is 14.3. The SMILES string of the molecule is CCOC1CC(Nc2nc3ccc(Cl)cc3s2)C1(C)C. The van der Waals surface area contributed by atoms with Gasteiger partial charge in [-0.25, -0.2) is 4.98 Å². The molecule has 1 saturated carbocycles. The lowest BCUT2D eigenvalue weighted by molar-refractivity contribution is -0.0975. The molecule has 1 aliphatic carbocycles. The standard InChI is InChI=1S/C15H19ClN2OS/c1-4-19-13-8-12(15(13,2)3)18-14-17-10-6-5-9(16)7-11(10)20-14/h5-7,12-13H,4,8H2,1-3H3,(H,17,18). The molecule has 3 rings (SSSR count).